The molecule has 2 atom stereocenters. The normalized spacial score (nSPS) is 41.5. The fourth-order valence-electron chi connectivity index (χ4n) is 3.23. The quantitative estimate of drug-likeness (QED) is 0.687. The maximum absolute atomic E-state index is 3.89. The summed E-state index contributed by atoms with van der Waals surface area (Å²) < 4.78 is 0. The summed E-state index contributed by atoms with van der Waals surface area (Å²) in [7, 11) is 0. The zero-order valence-electron chi connectivity index (χ0n) is 8.47. The minimum Gasteiger partial charge on any atom is -0.311 e. The summed E-state index contributed by atoms with van der Waals surface area (Å²) in [6, 6.07) is 1.83. The summed E-state index contributed by atoms with van der Waals surface area (Å²) in [4.78, 5) is 0. The molecular weight excluding hydrogens is 158 g/mol. The molecule has 0 aromatic heterocycles. The van der Waals surface area contributed by atoms with Crippen molar-refractivity contribution in [2.75, 3.05) is 0 Å². The van der Waals surface area contributed by atoms with Gasteiger partial charge in [0.15, 0.2) is 0 Å². The van der Waals surface area contributed by atoms with E-state index >= 15 is 0 Å². The van der Waals surface area contributed by atoms with Crippen LogP contribution in [-0.2, 0) is 0 Å². The number of nitrogens with one attached hydrogen (secondary N) is 1. The summed E-state index contributed by atoms with van der Waals surface area (Å²) in [5.41, 5.74) is 0. The molecule has 0 aromatic carbocycles. The zero-order chi connectivity index (χ0) is 8.67. The van der Waals surface area contributed by atoms with Crippen molar-refractivity contribution in [1.82, 2.24) is 5.32 Å². The minimum atomic E-state index is 0.916. The van der Waals surface area contributed by atoms with Crippen molar-refractivity contribution in [1.29, 1.82) is 0 Å². The van der Waals surface area contributed by atoms with Gasteiger partial charge in [-0.1, -0.05) is 12.8 Å². The zero-order valence-corrected chi connectivity index (χ0v) is 8.47. The van der Waals surface area contributed by atoms with Crippen molar-refractivity contribution in [2.24, 2.45) is 11.8 Å². The van der Waals surface area contributed by atoms with Crippen LogP contribution < -0.4 is 5.32 Å². The van der Waals surface area contributed by atoms with Crippen LogP contribution in [0.2, 0.25) is 0 Å². The van der Waals surface area contributed by atoms with E-state index in [1.807, 2.05) is 0 Å². The van der Waals surface area contributed by atoms with Crippen LogP contribution in [0.3, 0.4) is 0 Å². The first-order valence-corrected chi connectivity index (χ1v) is 6.19. The Morgan fingerprint density at radius 3 is 1.38 bits per heavy atom. The van der Waals surface area contributed by atoms with Gasteiger partial charge in [0, 0.05) is 12.1 Å². The molecule has 3 fully saturated rings. The van der Waals surface area contributed by atoms with Gasteiger partial charge in [-0.05, 0) is 50.4 Å². The Balaban J connectivity index is 1.52. The summed E-state index contributed by atoms with van der Waals surface area (Å²) in [6.07, 6.45) is 12.0. The molecule has 2 saturated carbocycles. The second kappa shape index (κ2) is 3.27. The molecule has 1 N–H and O–H groups in total. The van der Waals surface area contributed by atoms with E-state index < -0.39 is 0 Å². The predicted molar refractivity (Wildman–Crippen MR) is 54.6 cm³/mol. The van der Waals surface area contributed by atoms with E-state index in [1.54, 1.807) is 0 Å². The lowest BCUT2D eigenvalue weighted by atomic mass is 9.79. The van der Waals surface area contributed by atoms with E-state index in [1.165, 1.54) is 51.4 Å². The highest BCUT2D eigenvalue weighted by Gasteiger charge is 2.37. The standard InChI is InChI=1S/C12H21N/c1-3-9(4-1)11-7-8-12(13-11)10-5-2-6-10/h9-13H,1-8H2/t11-,12-/m1/s1. The van der Waals surface area contributed by atoms with Crippen molar-refractivity contribution >= 4 is 0 Å². The highest BCUT2D eigenvalue weighted by atomic mass is 15.0. The van der Waals surface area contributed by atoms with Gasteiger partial charge in [-0.2, -0.15) is 0 Å². The molecule has 0 bridgehead atoms. The Morgan fingerprint density at radius 1 is 0.615 bits per heavy atom. The van der Waals surface area contributed by atoms with Crippen LogP contribution >= 0.6 is 0 Å². The number of rotatable bonds is 2. The molecular formula is C12H21N. The summed E-state index contributed by atoms with van der Waals surface area (Å²) in [5.74, 6) is 2.12. The second-order valence-corrected chi connectivity index (χ2v) is 5.34. The monoisotopic (exact) mass is 179 g/mol. The average molecular weight is 179 g/mol. The lowest BCUT2D eigenvalue weighted by molar-refractivity contribution is 0.206. The maximum atomic E-state index is 3.89. The lowest BCUT2D eigenvalue weighted by Crippen LogP contribution is -2.42. The lowest BCUT2D eigenvalue weighted by Gasteiger charge is -2.35. The summed E-state index contributed by atoms with van der Waals surface area (Å²) in [6.45, 7) is 0. The van der Waals surface area contributed by atoms with Crippen molar-refractivity contribution in [3.05, 3.63) is 0 Å². The highest BCUT2D eigenvalue weighted by molar-refractivity contribution is 4.95. The molecule has 1 nitrogen and oxygen atoms in total. The fourth-order valence-corrected chi connectivity index (χ4v) is 3.23. The minimum absolute atomic E-state index is 0.916. The van der Waals surface area contributed by atoms with Crippen LogP contribution in [0.4, 0.5) is 0 Å². The smallest absolute Gasteiger partial charge is 0.00986 e. The molecule has 1 aliphatic heterocycles. The topological polar surface area (TPSA) is 12.0 Å². The Hall–Kier alpha value is -0.0400. The third kappa shape index (κ3) is 1.41. The summed E-state index contributed by atoms with van der Waals surface area (Å²) in [5, 5.41) is 3.89. The molecule has 0 radical (unpaired) electrons. The van der Waals surface area contributed by atoms with Gasteiger partial charge in [0.05, 0.1) is 0 Å². The van der Waals surface area contributed by atoms with Crippen LogP contribution in [0.1, 0.15) is 51.4 Å². The fraction of sp³-hybridized carbons (Fsp3) is 1.00. The van der Waals surface area contributed by atoms with Crippen molar-refractivity contribution in [3.8, 4) is 0 Å². The Bertz CT molecular complexity index is 162. The molecule has 3 rings (SSSR count). The van der Waals surface area contributed by atoms with E-state index in [4.69, 9.17) is 0 Å². The number of hydrogen-bond acceptors (Lipinski definition) is 1. The Morgan fingerprint density at radius 2 is 1.08 bits per heavy atom. The maximum Gasteiger partial charge on any atom is 0.00986 e. The van der Waals surface area contributed by atoms with Crippen LogP contribution in [0.15, 0.2) is 0 Å². The van der Waals surface area contributed by atoms with Gasteiger partial charge >= 0.3 is 0 Å². The molecule has 2 aliphatic carbocycles. The molecule has 0 amide bonds. The van der Waals surface area contributed by atoms with Gasteiger partial charge in [-0.15, -0.1) is 0 Å². The Kier molecular flexibility index (Phi) is 2.08. The molecule has 74 valence electrons. The van der Waals surface area contributed by atoms with Crippen LogP contribution in [-0.4, -0.2) is 12.1 Å². The first-order valence-electron chi connectivity index (χ1n) is 6.19. The third-order valence-electron chi connectivity index (χ3n) is 4.65. The van der Waals surface area contributed by atoms with Crippen LogP contribution in [0, 0.1) is 11.8 Å². The molecule has 0 aromatic rings. The molecule has 1 heteroatoms. The second-order valence-electron chi connectivity index (χ2n) is 5.34. The SMILES string of the molecule is C1CC([C@H]2CC[C@H](C3CCC3)N2)C1. The van der Waals surface area contributed by atoms with Crippen molar-refractivity contribution < 1.29 is 0 Å². The van der Waals surface area contributed by atoms with E-state index in [0.717, 1.165) is 23.9 Å². The first kappa shape index (κ1) is 8.28. The van der Waals surface area contributed by atoms with Gasteiger partial charge in [0.25, 0.3) is 0 Å². The molecule has 0 unspecified atom stereocenters. The molecule has 0 spiro atoms. The molecule has 1 heterocycles. The van der Waals surface area contributed by atoms with E-state index in [9.17, 15) is 0 Å². The van der Waals surface area contributed by atoms with Crippen LogP contribution in [0.25, 0.3) is 0 Å². The largest absolute Gasteiger partial charge is 0.311 e. The number of hydrogen-bond donors (Lipinski definition) is 1. The first-order chi connectivity index (χ1) is 6.43. The van der Waals surface area contributed by atoms with Crippen molar-refractivity contribution in [2.45, 2.75) is 63.5 Å². The Labute approximate surface area is 81.3 Å². The van der Waals surface area contributed by atoms with E-state index in [2.05, 4.69) is 5.32 Å². The van der Waals surface area contributed by atoms with E-state index in [-0.39, 0.29) is 0 Å². The van der Waals surface area contributed by atoms with Gasteiger partial charge in [0.2, 0.25) is 0 Å². The summed E-state index contributed by atoms with van der Waals surface area (Å²) >= 11 is 0. The van der Waals surface area contributed by atoms with E-state index in [0.29, 0.717) is 0 Å². The highest BCUT2D eigenvalue weighted by Crippen LogP contribution is 2.39. The van der Waals surface area contributed by atoms with Gasteiger partial charge < -0.3 is 5.32 Å². The average Bonchev–Trinajstić information content (AvgIpc) is 2.29. The van der Waals surface area contributed by atoms with Gasteiger partial charge in [0.1, 0.15) is 0 Å². The molecule has 1 saturated heterocycles. The predicted octanol–water partition coefficient (Wildman–Crippen LogP) is 2.71. The van der Waals surface area contributed by atoms with Crippen molar-refractivity contribution in [3.63, 3.8) is 0 Å². The van der Waals surface area contributed by atoms with Gasteiger partial charge in [-0.3, -0.25) is 0 Å². The third-order valence-corrected chi connectivity index (χ3v) is 4.65. The van der Waals surface area contributed by atoms with Crippen LogP contribution in [0.5, 0.6) is 0 Å². The molecule has 3 aliphatic rings. The van der Waals surface area contributed by atoms with Gasteiger partial charge in [-0.25, -0.2) is 0 Å². The molecule has 13 heavy (non-hydrogen) atoms.